The predicted octanol–water partition coefficient (Wildman–Crippen LogP) is 1.34. The quantitative estimate of drug-likeness (QED) is 0.857. The fourth-order valence-electron chi connectivity index (χ4n) is 3.57. The van der Waals surface area contributed by atoms with Crippen molar-refractivity contribution in [2.45, 2.75) is 38.1 Å². The maximum atomic E-state index is 12.9. The van der Waals surface area contributed by atoms with Gasteiger partial charge in [0.05, 0.1) is 5.92 Å². The molecule has 2 saturated heterocycles. The average molecular weight is 329 g/mol. The van der Waals surface area contributed by atoms with Crippen LogP contribution in [0.15, 0.2) is 30.3 Å². The lowest BCUT2D eigenvalue weighted by Crippen LogP contribution is -2.52. The summed E-state index contributed by atoms with van der Waals surface area (Å²) >= 11 is 0. The Hall–Kier alpha value is -1.88. The van der Waals surface area contributed by atoms with E-state index in [9.17, 15) is 9.59 Å². The van der Waals surface area contributed by atoms with E-state index >= 15 is 0 Å². The molecule has 5 nitrogen and oxygen atoms in total. The maximum absolute atomic E-state index is 12.9. The van der Waals surface area contributed by atoms with Crippen molar-refractivity contribution in [3.05, 3.63) is 35.9 Å². The van der Waals surface area contributed by atoms with Crippen LogP contribution in [-0.4, -0.2) is 48.9 Å². The first-order valence-electron chi connectivity index (χ1n) is 9.08. The van der Waals surface area contributed by atoms with Gasteiger partial charge >= 0.3 is 0 Å². The zero-order valence-electron chi connectivity index (χ0n) is 14.2. The molecule has 130 valence electrons. The third-order valence-corrected chi connectivity index (χ3v) is 4.98. The predicted molar refractivity (Wildman–Crippen MR) is 93.5 cm³/mol. The number of rotatable bonds is 5. The van der Waals surface area contributed by atoms with E-state index in [-0.39, 0.29) is 17.7 Å². The summed E-state index contributed by atoms with van der Waals surface area (Å²) in [4.78, 5) is 27.4. The summed E-state index contributed by atoms with van der Waals surface area (Å²) in [6.45, 7) is 3.31. The van der Waals surface area contributed by atoms with Crippen LogP contribution in [0.3, 0.4) is 0 Å². The van der Waals surface area contributed by atoms with Crippen molar-refractivity contribution in [3.63, 3.8) is 0 Å². The van der Waals surface area contributed by atoms with E-state index in [2.05, 4.69) is 10.6 Å². The van der Waals surface area contributed by atoms with Crippen LogP contribution < -0.4 is 10.6 Å². The molecule has 0 radical (unpaired) electrons. The lowest BCUT2D eigenvalue weighted by atomic mass is 9.97. The molecule has 2 N–H and O–H groups in total. The minimum absolute atomic E-state index is 0.00989. The molecule has 0 bridgehead atoms. The number of carbonyl (C=O) groups excluding carboxylic acids is 2. The summed E-state index contributed by atoms with van der Waals surface area (Å²) in [6, 6.07) is 9.48. The Morgan fingerprint density at radius 1 is 1.17 bits per heavy atom. The van der Waals surface area contributed by atoms with E-state index in [4.69, 9.17) is 0 Å². The van der Waals surface area contributed by atoms with Crippen LogP contribution in [0.1, 0.15) is 31.2 Å². The van der Waals surface area contributed by atoms with Crippen molar-refractivity contribution >= 4 is 11.8 Å². The number of piperidine rings is 1. The molecule has 24 heavy (non-hydrogen) atoms. The zero-order chi connectivity index (χ0) is 16.8. The van der Waals surface area contributed by atoms with E-state index in [1.54, 1.807) is 0 Å². The van der Waals surface area contributed by atoms with Crippen LogP contribution in [0.2, 0.25) is 0 Å². The lowest BCUT2D eigenvalue weighted by Gasteiger charge is -2.27. The number of nitrogens with zero attached hydrogens (tertiary/aromatic N) is 1. The molecule has 5 heteroatoms. The number of likely N-dealkylation sites (tertiary alicyclic amines) is 1. The molecular weight excluding hydrogens is 302 g/mol. The second-order valence-electron chi connectivity index (χ2n) is 6.83. The highest BCUT2D eigenvalue weighted by Gasteiger charge is 2.30. The third kappa shape index (κ3) is 4.35. The van der Waals surface area contributed by atoms with Gasteiger partial charge in [-0.25, -0.2) is 0 Å². The summed E-state index contributed by atoms with van der Waals surface area (Å²) in [7, 11) is 0. The van der Waals surface area contributed by atoms with Crippen LogP contribution in [0, 0.1) is 5.92 Å². The molecule has 1 aromatic carbocycles. The Morgan fingerprint density at radius 2 is 1.92 bits per heavy atom. The van der Waals surface area contributed by atoms with Gasteiger partial charge in [-0.2, -0.15) is 0 Å². The van der Waals surface area contributed by atoms with Crippen LogP contribution in [0.4, 0.5) is 0 Å². The first kappa shape index (κ1) is 17.0. The monoisotopic (exact) mass is 329 g/mol. The number of benzene rings is 1. The van der Waals surface area contributed by atoms with Crippen molar-refractivity contribution in [1.82, 2.24) is 15.5 Å². The van der Waals surface area contributed by atoms with Gasteiger partial charge in [-0.1, -0.05) is 30.3 Å². The SMILES string of the molecule is O=C(NC(Cc1ccccc1)C(=O)N1CCCC1)C1CCCNC1. The van der Waals surface area contributed by atoms with Crippen LogP contribution in [0.25, 0.3) is 0 Å². The number of hydrogen-bond acceptors (Lipinski definition) is 3. The fourth-order valence-corrected chi connectivity index (χ4v) is 3.57. The number of amides is 2. The standard InChI is InChI=1S/C19H27N3O2/c23-18(16-9-6-10-20-14-16)21-17(13-15-7-2-1-3-8-15)19(24)22-11-4-5-12-22/h1-3,7-8,16-17,20H,4-6,9-14H2,(H,21,23). The van der Waals surface area contributed by atoms with E-state index in [1.165, 1.54) is 0 Å². The largest absolute Gasteiger partial charge is 0.344 e. The minimum Gasteiger partial charge on any atom is -0.344 e. The zero-order valence-corrected chi connectivity index (χ0v) is 14.2. The average Bonchev–Trinajstić information content (AvgIpc) is 3.17. The first-order valence-corrected chi connectivity index (χ1v) is 9.08. The van der Waals surface area contributed by atoms with Crippen molar-refractivity contribution in [2.75, 3.05) is 26.2 Å². The smallest absolute Gasteiger partial charge is 0.245 e. The van der Waals surface area contributed by atoms with Crippen molar-refractivity contribution in [1.29, 1.82) is 0 Å². The highest BCUT2D eigenvalue weighted by molar-refractivity contribution is 5.89. The molecule has 2 unspecified atom stereocenters. The lowest BCUT2D eigenvalue weighted by molar-refractivity contribution is -0.136. The molecule has 1 aromatic rings. The van der Waals surface area contributed by atoms with Gasteiger partial charge < -0.3 is 15.5 Å². The maximum Gasteiger partial charge on any atom is 0.245 e. The van der Waals surface area contributed by atoms with Gasteiger partial charge in [0.1, 0.15) is 6.04 Å². The number of hydrogen-bond donors (Lipinski definition) is 2. The molecule has 2 aliphatic heterocycles. The fraction of sp³-hybridized carbons (Fsp3) is 0.579. The number of nitrogens with one attached hydrogen (secondary N) is 2. The van der Waals surface area contributed by atoms with Crippen LogP contribution in [0.5, 0.6) is 0 Å². The Balaban J connectivity index is 1.68. The van der Waals surface area contributed by atoms with Gasteiger partial charge in [0, 0.05) is 26.1 Å². The van der Waals surface area contributed by atoms with E-state index < -0.39 is 6.04 Å². The van der Waals surface area contributed by atoms with Crippen LogP contribution >= 0.6 is 0 Å². The normalized spacial score (nSPS) is 22.2. The topological polar surface area (TPSA) is 61.4 Å². The molecule has 2 aliphatic rings. The summed E-state index contributed by atoms with van der Waals surface area (Å²) in [5.41, 5.74) is 1.08. The molecule has 2 fully saturated rings. The molecule has 0 aromatic heterocycles. The second-order valence-corrected chi connectivity index (χ2v) is 6.83. The highest BCUT2D eigenvalue weighted by atomic mass is 16.2. The molecule has 0 saturated carbocycles. The van der Waals surface area contributed by atoms with Crippen molar-refractivity contribution in [3.8, 4) is 0 Å². The third-order valence-electron chi connectivity index (χ3n) is 4.98. The molecular formula is C19H27N3O2. The van der Waals surface area contributed by atoms with Gasteiger partial charge in [-0.3, -0.25) is 9.59 Å². The van der Waals surface area contributed by atoms with Gasteiger partial charge in [0.25, 0.3) is 0 Å². The summed E-state index contributed by atoms with van der Waals surface area (Å²) < 4.78 is 0. The minimum atomic E-state index is -0.458. The Labute approximate surface area is 143 Å². The van der Waals surface area contributed by atoms with E-state index in [0.717, 1.165) is 50.9 Å². The first-order chi connectivity index (χ1) is 11.7. The highest BCUT2D eigenvalue weighted by Crippen LogP contribution is 2.14. The number of carbonyl (C=O) groups is 2. The summed E-state index contributed by atoms with van der Waals surface area (Å²) in [5, 5.41) is 6.31. The molecule has 0 spiro atoms. The summed E-state index contributed by atoms with van der Waals surface area (Å²) in [5.74, 6) is 0.0487. The van der Waals surface area contributed by atoms with Crippen LogP contribution in [-0.2, 0) is 16.0 Å². The van der Waals surface area contributed by atoms with Gasteiger partial charge in [0.2, 0.25) is 11.8 Å². The Bertz CT molecular complexity index is 549. The van der Waals surface area contributed by atoms with Crippen molar-refractivity contribution in [2.24, 2.45) is 5.92 Å². The molecule has 2 amide bonds. The second kappa shape index (κ2) is 8.29. The van der Waals surface area contributed by atoms with Gasteiger partial charge in [-0.05, 0) is 37.8 Å². The molecule has 2 heterocycles. The van der Waals surface area contributed by atoms with E-state index in [0.29, 0.717) is 13.0 Å². The van der Waals surface area contributed by atoms with E-state index in [1.807, 2.05) is 35.2 Å². The summed E-state index contributed by atoms with van der Waals surface area (Å²) in [6.07, 6.45) is 4.59. The molecule has 0 aliphatic carbocycles. The van der Waals surface area contributed by atoms with Gasteiger partial charge in [0.15, 0.2) is 0 Å². The molecule has 3 rings (SSSR count). The molecule has 2 atom stereocenters. The Morgan fingerprint density at radius 3 is 2.58 bits per heavy atom. The van der Waals surface area contributed by atoms with Crippen molar-refractivity contribution < 1.29 is 9.59 Å². The van der Waals surface area contributed by atoms with Gasteiger partial charge in [-0.15, -0.1) is 0 Å². The Kier molecular flexibility index (Phi) is 5.86.